The molecule has 0 bridgehead atoms. The molecule has 0 saturated heterocycles. The van der Waals surface area contributed by atoms with Crippen molar-refractivity contribution in [2.24, 2.45) is 0 Å². The van der Waals surface area contributed by atoms with Gasteiger partial charge in [0.2, 0.25) is 0 Å². The van der Waals surface area contributed by atoms with Gasteiger partial charge in [0.1, 0.15) is 0 Å². The fraction of sp³-hybridized carbons (Fsp3) is 0.0882. The number of rotatable bonds is 15. The van der Waals surface area contributed by atoms with Gasteiger partial charge in [0.25, 0.3) is 0 Å². The van der Waals surface area contributed by atoms with Crippen LogP contribution in [0.15, 0.2) is 296 Å². The normalized spacial score (nSPS) is 14.6. The fourth-order valence-electron chi connectivity index (χ4n) is 10.3. The Bertz CT molecular complexity index is 3430. The Morgan fingerprint density at radius 1 is 0.514 bits per heavy atom. The van der Waals surface area contributed by atoms with Gasteiger partial charge in [0.15, 0.2) is 0 Å². The quantitative estimate of drug-likeness (QED) is 0.0950. The maximum Gasteiger partial charge on any atom is 0.0539 e. The summed E-state index contributed by atoms with van der Waals surface area (Å²) >= 11 is 0. The highest BCUT2D eigenvalue weighted by molar-refractivity contribution is 5.98. The van der Waals surface area contributed by atoms with E-state index in [1.165, 1.54) is 49.9 Å². The molecule has 0 spiro atoms. The van der Waals surface area contributed by atoms with Crippen LogP contribution in [0, 0.1) is 0 Å². The molecule has 2 aliphatic carbocycles. The van der Waals surface area contributed by atoms with E-state index in [1.807, 2.05) is 0 Å². The van der Waals surface area contributed by atoms with Crippen LogP contribution < -0.4 is 19.6 Å². The molecule has 2 aliphatic rings. The smallest absolute Gasteiger partial charge is 0.0539 e. The van der Waals surface area contributed by atoms with Crippen LogP contribution >= 0.6 is 0 Å². The summed E-state index contributed by atoms with van der Waals surface area (Å²) in [7, 11) is 0. The topological polar surface area (TPSA) is 13.0 Å². The molecule has 0 aromatic heterocycles. The van der Waals surface area contributed by atoms with Crippen LogP contribution in [0.5, 0.6) is 0 Å². The van der Waals surface area contributed by atoms with Crippen molar-refractivity contribution in [3.8, 4) is 0 Å². The monoisotopic (exact) mass is 930 g/mol. The third-order valence-corrected chi connectivity index (χ3v) is 13.9. The van der Waals surface area contributed by atoms with E-state index in [-0.39, 0.29) is 5.92 Å². The number of para-hydroxylation sites is 3. The van der Waals surface area contributed by atoms with Crippen LogP contribution in [0.2, 0.25) is 0 Å². The van der Waals surface area contributed by atoms with Gasteiger partial charge >= 0.3 is 0 Å². The highest BCUT2D eigenvalue weighted by Crippen LogP contribution is 2.42. The van der Waals surface area contributed by atoms with Crippen LogP contribution in [-0.2, 0) is 0 Å². The number of allylic oxidation sites excluding steroid dienone is 9. The Morgan fingerprint density at radius 3 is 1.62 bits per heavy atom. The van der Waals surface area contributed by atoms with Crippen molar-refractivity contribution < 1.29 is 0 Å². The summed E-state index contributed by atoms with van der Waals surface area (Å²) in [6, 6.07) is 81.0. The molecule has 9 aromatic rings. The standard InChI is InChI=1S/C68H58N4/c1-2-56(70(58-26-7-3-8-27-58)59-28-9-4-10-29-59)34-21-51-69(67-37-19-24-54-22-15-17-35-65(54)67)57-43-39-52(40-44-57)53-41-45-63(46-42-53)72(68-38-20-25-55-23-16-18-36-66(55)68)64-49-47-62(48-50-64)71(60-30-11-5-12-31-60)61-32-13-6-14-33-61/h2-13,15-32,34-41,43-50,53H,14,33,42,51H2,1H3. The highest BCUT2D eigenvalue weighted by atomic mass is 15.2. The zero-order chi connectivity index (χ0) is 48.5. The summed E-state index contributed by atoms with van der Waals surface area (Å²) in [6.07, 6.45) is 23.5. The molecule has 0 aliphatic heterocycles. The Hall–Kier alpha value is -8.86. The molecule has 0 saturated carbocycles. The molecule has 1 unspecified atom stereocenters. The van der Waals surface area contributed by atoms with E-state index in [4.69, 9.17) is 0 Å². The number of fused-ring (bicyclic) bond motifs is 2. The third-order valence-electron chi connectivity index (χ3n) is 13.9. The number of hydrogen-bond acceptors (Lipinski definition) is 4. The number of anilines is 8. The Morgan fingerprint density at radius 2 is 1.04 bits per heavy atom. The first-order valence-electron chi connectivity index (χ1n) is 25.3. The lowest BCUT2D eigenvalue weighted by Crippen LogP contribution is -2.19. The first-order chi connectivity index (χ1) is 35.7. The number of hydrogen-bond donors (Lipinski definition) is 0. The molecule has 0 fully saturated rings. The van der Waals surface area contributed by atoms with Gasteiger partial charge in [-0.1, -0.05) is 176 Å². The maximum absolute atomic E-state index is 2.44. The van der Waals surface area contributed by atoms with Gasteiger partial charge < -0.3 is 19.6 Å². The van der Waals surface area contributed by atoms with Crippen LogP contribution in [0.3, 0.4) is 0 Å². The van der Waals surface area contributed by atoms with Crippen LogP contribution in [0.1, 0.15) is 37.7 Å². The van der Waals surface area contributed by atoms with Crippen LogP contribution in [0.25, 0.3) is 21.5 Å². The van der Waals surface area contributed by atoms with Gasteiger partial charge in [-0.3, -0.25) is 0 Å². The van der Waals surface area contributed by atoms with E-state index in [0.717, 1.165) is 59.1 Å². The van der Waals surface area contributed by atoms with E-state index >= 15 is 0 Å². The largest absolute Gasteiger partial charge is 0.337 e. The van der Waals surface area contributed by atoms with Crippen LogP contribution in [-0.4, -0.2) is 6.54 Å². The van der Waals surface area contributed by atoms with E-state index < -0.39 is 0 Å². The van der Waals surface area contributed by atoms with Crippen molar-refractivity contribution in [2.75, 3.05) is 26.1 Å². The minimum atomic E-state index is 0.238. The number of benzene rings is 9. The lowest BCUT2D eigenvalue weighted by molar-refractivity contribution is 0.840. The predicted molar refractivity (Wildman–Crippen MR) is 307 cm³/mol. The van der Waals surface area contributed by atoms with Gasteiger partial charge in [-0.2, -0.15) is 0 Å². The fourth-order valence-corrected chi connectivity index (χ4v) is 10.3. The van der Waals surface area contributed by atoms with Crippen molar-refractivity contribution in [3.63, 3.8) is 0 Å². The molecule has 0 amide bonds. The highest BCUT2D eigenvalue weighted by Gasteiger charge is 2.22. The zero-order valence-electron chi connectivity index (χ0n) is 40.8. The van der Waals surface area contributed by atoms with Gasteiger partial charge in [0, 0.05) is 80.1 Å². The van der Waals surface area contributed by atoms with E-state index in [0.29, 0.717) is 6.54 Å². The van der Waals surface area contributed by atoms with Crippen molar-refractivity contribution in [3.05, 3.63) is 302 Å². The molecule has 72 heavy (non-hydrogen) atoms. The molecule has 350 valence electrons. The minimum absolute atomic E-state index is 0.238. The summed E-state index contributed by atoms with van der Waals surface area (Å²) in [5.41, 5.74) is 14.0. The van der Waals surface area contributed by atoms with Gasteiger partial charge in [-0.05, 0) is 146 Å². The predicted octanol–water partition coefficient (Wildman–Crippen LogP) is 18.6. The molecule has 0 radical (unpaired) electrons. The average Bonchev–Trinajstić information content (AvgIpc) is 3.46. The second-order valence-electron chi connectivity index (χ2n) is 18.3. The molecule has 11 rings (SSSR count). The lowest BCUT2D eigenvalue weighted by Gasteiger charge is -2.32. The van der Waals surface area contributed by atoms with Gasteiger partial charge in [-0.15, -0.1) is 0 Å². The van der Waals surface area contributed by atoms with E-state index in [9.17, 15) is 0 Å². The molecule has 0 N–H and O–H groups in total. The second-order valence-corrected chi connectivity index (χ2v) is 18.3. The van der Waals surface area contributed by atoms with Crippen molar-refractivity contribution in [2.45, 2.75) is 32.1 Å². The summed E-state index contributed by atoms with van der Waals surface area (Å²) in [5.74, 6) is 0.238. The SMILES string of the molecule is CC=C(C=CCN(c1ccc(C2C=CC(N(c3ccc(N(C4=CC=CCC4)c4ccccc4)cc3)c3cccc4ccccc34)=CC2)cc1)c1cccc2ccccc12)N(c1ccccc1)c1ccccc1. The summed E-state index contributed by atoms with van der Waals surface area (Å²) in [4.78, 5) is 9.59. The molecule has 0 heterocycles. The van der Waals surface area contributed by atoms with Crippen molar-refractivity contribution in [1.29, 1.82) is 0 Å². The first kappa shape index (κ1) is 45.6. The van der Waals surface area contributed by atoms with Crippen molar-refractivity contribution in [1.82, 2.24) is 0 Å². The van der Waals surface area contributed by atoms with Crippen molar-refractivity contribution >= 4 is 67.0 Å². The summed E-state index contributed by atoms with van der Waals surface area (Å²) < 4.78 is 0. The second kappa shape index (κ2) is 21.4. The summed E-state index contributed by atoms with van der Waals surface area (Å²) in [5, 5.41) is 4.89. The van der Waals surface area contributed by atoms with E-state index in [2.05, 4.69) is 306 Å². The van der Waals surface area contributed by atoms with E-state index in [1.54, 1.807) is 0 Å². The lowest BCUT2D eigenvalue weighted by atomic mass is 9.91. The minimum Gasteiger partial charge on any atom is -0.337 e. The Balaban J connectivity index is 0.885. The molecular formula is C68H58N4. The molecule has 9 aromatic carbocycles. The third kappa shape index (κ3) is 9.68. The maximum atomic E-state index is 2.44. The van der Waals surface area contributed by atoms with Gasteiger partial charge in [0.05, 0.1) is 5.69 Å². The molecular weight excluding hydrogens is 873 g/mol. The average molecular weight is 931 g/mol. The Kier molecular flexibility index (Phi) is 13.6. The van der Waals surface area contributed by atoms with Crippen LogP contribution in [0.4, 0.5) is 45.5 Å². The molecule has 4 heteroatoms. The summed E-state index contributed by atoms with van der Waals surface area (Å²) in [6.45, 7) is 2.80. The Labute approximate surface area is 425 Å². The molecule has 1 atom stereocenters. The molecule has 4 nitrogen and oxygen atoms in total. The zero-order valence-corrected chi connectivity index (χ0v) is 40.8. The first-order valence-corrected chi connectivity index (χ1v) is 25.3. The number of nitrogens with zero attached hydrogens (tertiary/aromatic N) is 4. The van der Waals surface area contributed by atoms with Gasteiger partial charge in [-0.25, -0.2) is 0 Å².